The maximum absolute atomic E-state index is 13.6. The smallest absolute Gasteiger partial charge is 0.180 e. The first kappa shape index (κ1) is 12.1. The molecule has 0 unspecified atom stereocenters. The number of nitrogens with zero attached hydrogens (tertiary/aromatic N) is 2. The Morgan fingerprint density at radius 1 is 1.47 bits per heavy atom. The zero-order valence-corrected chi connectivity index (χ0v) is 11.0. The van der Waals surface area contributed by atoms with Crippen molar-refractivity contribution in [3.05, 3.63) is 45.7 Å². The van der Waals surface area contributed by atoms with E-state index in [9.17, 15) is 4.39 Å². The fourth-order valence-corrected chi connectivity index (χ4v) is 3.14. The van der Waals surface area contributed by atoms with Crippen LogP contribution in [-0.2, 0) is 6.42 Å². The van der Waals surface area contributed by atoms with Crippen molar-refractivity contribution in [3.8, 4) is 6.07 Å². The number of aromatic nitrogens is 1. The van der Waals surface area contributed by atoms with Crippen LogP contribution in [0.5, 0.6) is 0 Å². The maximum atomic E-state index is 13.6. The van der Waals surface area contributed by atoms with Crippen molar-refractivity contribution in [2.75, 3.05) is 5.73 Å². The molecule has 0 spiro atoms. The highest BCUT2D eigenvalue weighted by Gasteiger charge is 2.29. The highest BCUT2D eigenvalue weighted by Crippen LogP contribution is 2.43. The van der Waals surface area contributed by atoms with Crippen LogP contribution in [0.15, 0.2) is 18.2 Å². The third kappa shape index (κ3) is 2.32. The first-order valence-corrected chi connectivity index (χ1v) is 6.93. The lowest BCUT2D eigenvalue weighted by Gasteiger charge is -2.04. The second kappa shape index (κ2) is 4.63. The Hall–Kier alpha value is -1.93. The predicted octanol–water partition coefficient (Wildman–Crippen LogP) is 3.20. The Labute approximate surface area is 114 Å². The molecule has 1 fully saturated rings. The lowest BCUT2D eigenvalue weighted by Crippen LogP contribution is -1.96. The summed E-state index contributed by atoms with van der Waals surface area (Å²) in [7, 11) is 0. The molecule has 19 heavy (non-hydrogen) atoms. The number of rotatable bonds is 3. The van der Waals surface area contributed by atoms with Crippen molar-refractivity contribution < 1.29 is 4.39 Å². The van der Waals surface area contributed by atoms with Gasteiger partial charge in [0.1, 0.15) is 11.9 Å². The minimum atomic E-state index is -0.467. The van der Waals surface area contributed by atoms with Gasteiger partial charge in [-0.2, -0.15) is 5.26 Å². The average Bonchev–Trinajstić information content (AvgIpc) is 3.15. The van der Waals surface area contributed by atoms with Crippen LogP contribution in [0.1, 0.15) is 40.5 Å². The number of nitrogens with two attached hydrogens (primary N) is 1. The summed E-state index contributed by atoms with van der Waals surface area (Å²) in [6.07, 6.45) is 2.82. The van der Waals surface area contributed by atoms with Gasteiger partial charge in [0, 0.05) is 17.2 Å². The molecular formula is C14H12FN3S. The Morgan fingerprint density at radius 3 is 2.95 bits per heavy atom. The van der Waals surface area contributed by atoms with Gasteiger partial charge in [-0.05, 0) is 24.5 Å². The topological polar surface area (TPSA) is 62.7 Å². The van der Waals surface area contributed by atoms with Gasteiger partial charge < -0.3 is 5.73 Å². The molecule has 0 bridgehead atoms. The van der Waals surface area contributed by atoms with Crippen molar-refractivity contribution in [3.63, 3.8) is 0 Å². The van der Waals surface area contributed by atoms with E-state index in [-0.39, 0.29) is 5.56 Å². The Balaban J connectivity index is 1.98. The number of halogens is 1. The minimum absolute atomic E-state index is 0.121. The molecular weight excluding hydrogens is 261 g/mol. The van der Waals surface area contributed by atoms with Crippen LogP contribution in [-0.4, -0.2) is 4.98 Å². The van der Waals surface area contributed by atoms with Gasteiger partial charge in [-0.3, -0.25) is 0 Å². The third-order valence-electron chi connectivity index (χ3n) is 3.27. The summed E-state index contributed by atoms with van der Waals surface area (Å²) in [6, 6.07) is 6.66. The molecule has 3 nitrogen and oxygen atoms in total. The number of benzene rings is 1. The molecule has 1 aliphatic carbocycles. The van der Waals surface area contributed by atoms with Gasteiger partial charge in [0.25, 0.3) is 0 Å². The molecule has 0 radical (unpaired) electrons. The normalized spacial score (nSPS) is 14.3. The molecule has 2 N–H and O–H groups in total. The van der Waals surface area contributed by atoms with Gasteiger partial charge in [0.2, 0.25) is 0 Å². The summed E-state index contributed by atoms with van der Waals surface area (Å²) in [5.74, 6) is 0.0353. The largest absolute Gasteiger partial charge is 0.375 e. The zero-order valence-electron chi connectivity index (χ0n) is 10.2. The van der Waals surface area contributed by atoms with Gasteiger partial charge in [-0.15, -0.1) is 11.3 Å². The Morgan fingerprint density at radius 2 is 2.26 bits per heavy atom. The first-order valence-electron chi connectivity index (χ1n) is 6.11. The summed E-state index contributed by atoms with van der Waals surface area (Å²) >= 11 is 1.44. The number of hydrogen-bond acceptors (Lipinski definition) is 4. The molecule has 0 saturated heterocycles. The van der Waals surface area contributed by atoms with E-state index in [0.717, 1.165) is 23.4 Å². The van der Waals surface area contributed by atoms with Gasteiger partial charge in [0.05, 0.1) is 11.3 Å². The maximum Gasteiger partial charge on any atom is 0.180 e. The summed E-state index contributed by atoms with van der Waals surface area (Å²) in [6.45, 7) is 0. The second-order valence-corrected chi connectivity index (χ2v) is 5.81. The van der Waals surface area contributed by atoms with Crippen LogP contribution >= 0.6 is 11.3 Å². The number of thiazole rings is 1. The van der Waals surface area contributed by atoms with E-state index in [1.54, 1.807) is 12.1 Å². The fourth-order valence-electron chi connectivity index (χ4n) is 2.20. The standard InChI is InChI=1S/C14H12FN3S/c15-11-3-1-2-9(10(11)7-16)6-12-13(8-4-5-8)18-14(17)19-12/h1-3,8H,4-6H2,(H2,17,18). The fraction of sp³-hybridized carbons (Fsp3) is 0.286. The zero-order chi connectivity index (χ0) is 13.4. The Bertz CT molecular complexity index is 668. The van der Waals surface area contributed by atoms with Gasteiger partial charge in [-0.1, -0.05) is 12.1 Å². The quantitative estimate of drug-likeness (QED) is 0.934. The van der Waals surface area contributed by atoms with Gasteiger partial charge in [-0.25, -0.2) is 9.37 Å². The average molecular weight is 273 g/mol. The molecule has 1 aromatic carbocycles. The van der Waals surface area contributed by atoms with E-state index in [4.69, 9.17) is 11.0 Å². The molecule has 1 saturated carbocycles. The molecule has 3 rings (SSSR count). The predicted molar refractivity (Wildman–Crippen MR) is 72.4 cm³/mol. The lowest BCUT2D eigenvalue weighted by molar-refractivity contribution is 0.622. The highest BCUT2D eigenvalue weighted by molar-refractivity contribution is 7.15. The molecule has 0 atom stereocenters. The van der Waals surface area contributed by atoms with Crippen LogP contribution in [0.4, 0.5) is 9.52 Å². The Kier molecular flexibility index (Phi) is 2.96. The van der Waals surface area contributed by atoms with Crippen molar-refractivity contribution in [1.29, 1.82) is 5.26 Å². The molecule has 5 heteroatoms. The molecule has 1 aliphatic rings. The molecule has 96 valence electrons. The second-order valence-electron chi connectivity index (χ2n) is 4.70. The van der Waals surface area contributed by atoms with Crippen LogP contribution in [0.25, 0.3) is 0 Å². The summed E-state index contributed by atoms with van der Waals surface area (Å²) in [5, 5.41) is 9.59. The summed E-state index contributed by atoms with van der Waals surface area (Å²) < 4.78 is 13.6. The highest BCUT2D eigenvalue weighted by atomic mass is 32.1. The van der Waals surface area contributed by atoms with Gasteiger partial charge >= 0.3 is 0 Å². The number of anilines is 1. The van der Waals surface area contributed by atoms with E-state index in [2.05, 4.69) is 4.98 Å². The van der Waals surface area contributed by atoms with Crippen molar-refractivity contribution >= 4 is 16.5 Å². The van der Waals surface area contributed by atoms with Crippen molar-refractivity contribution in [1.82, 2.24) is 4.98 Å². The number of nitriles is 1. The monoisotopic (exact) mass is 273 g/mol. The van der Waals surface area contributed by atoms with Crippen molar-refractivity contribution in [2.24, 2.45) is 0 Å². The number of nitrogen functional groups attached to an aromatic ring is 1. The SMILES string of the molecule is N#Cc1c(F)cccc1Cc1sc(N)nc1C1CC1. The summed E-state index contributed by atoms with van der Waals surface area (Å²) in [4.78, 5) is 5.42. The molecule has 0 amide bonds. The molecule has 0 aliphatic heterocycles. The van der Waals surface area contributed by atoms with Crippen LogP contribution in [0.2, 0.25) is 0 Å². The summed E-state index contributed by atoms with van der Waals surface area (Å²) in [5.41, 5.74) is 7.63. The van der Waals surface area contributed by atoms with Crippen LogP contribution in [0, 0.1) is 17.1 Å². The van der Waals surface area contributed by atoms with E-state index < -0.39 is 5.82 Å². The van der Waals surface area contributed by atoms with E-state index >= 15 is 0 Å². The van der Waals surface area contributed by atoms with E-state index in [1.165, 1.54) is 17.4 Å². The lowest BCUT2D eigenvalue weighted by atomic mass is 10.0. The molecule has 1 aromatic heterocycles. The third-order valence-corrected chi connectivity index (χ3v) is 4.17. The van der Waals surface area contributed by atoms with E-state index in [0.29, 0.717) is 23.0 Å². The minimum Gasteiger partial charge on any atom is -0.375 e. The van der Waals surface area contributed by atoms with E-state index in [1.807, 2.05) is 6.07 Å². The number of hydrogen-bond donors (Lipinski definition) is 1. The first-order chi connectivity index (χ1) is 9.19. The molecule has 2 aromatic rings. The van der Waals surface area contributed by atoms with Crippen LogP contribution in [0.3, 0.4) is 0 Å². The van der Waals surface area contributed by atoms with Crippen LogP contribution < -0.4 is 5.73 Å². The van der Waals surface area contributed by atoms with Crippen molar-refractivity contribution in [2.45, 2.75) is 25.2 Å². The van der Waals surface area contributed by atoms with Gasteiger partial charge in [0.15, 0.2) is 5.13 Å². The molecule has 1 heterocycles.